The minimum absolute atomic E-state index is 0.0557. The molecule has 0 radical (unpaired) electrons. The second kappa shape index (κ2) is 6.07. The summed E-state index contributed by atoms with van der Waals surface area (Å²) in [5.41, 5.74) is 0. The second-order valence-electron chi connectivity index (χ2n) is 3.61. The zero-order valence-corrected chi connectivity index (χ0v) is 10.2. The summed E-state index contributed by atoms with van der Waals surface area (Å²) < 4.78 is 22.3. The van der Waals surface area contributed by atoms with Crippen LogP contribution in [0.15, 0.2) is 0 Å². The number of sulfone groups is 1. The van der Waals surface area contributed by atoms with E-state index in [0.717, 1.165) is 0 Å². The van der Waals surface area contributed by atoms with Crippen LogP contribution in [0.5, 0.6) is 0 Å². The van der Waals surface area contributed by atoms with Gasteiger partial charge in [-0.25, -0.2) is 8.42 Å². The fourth-order valence-electron chi connectivity index (χ4n) is 0.977. The van der Waals surface area contributed by atoms with Crippen molar-refractivity contribution < 1.29 is 18.3 Å². The van der Waals surface area contributed by atoms with E-state index in [9.17, 15) is 13.2 Å². The van der Waals surface area contributed by atoms with E-state index < -0.39 is 21.7 Å². The third-order valence-electron chi connectivity index (χ3n) is 2.46. The Morgan fingerprint density at radius 2 is 1.93 bits per heavy atom. The Morgan fingerprint density at radius 1 is 1.40 bits per heavy atom. The third-order valence-corrected chi connectivity index (χ3v) is 4.16. The normalized spacial score (nSPS) is 15.9. The van der Waals surface area contributed by atoms with Gasteiger partial charge in [0.15, 0.2) is 9.84 Å². The standard InChI is InChI=1S/C9H19NO4S/c1-4-15(13,14)6-5-10-8(3)7(2)9(11)12/h7-8,10H,4-6H2,1-3H3,(H,11,12). The Balaban J connectivity index is 3.93. The van der Waals surface area contributed by atoms with Crippen LogP contribution >= 0.6 is 0 Å². The van der Waals surface area contributed by atoms with Crippen molar-refractivity contribution in [3.63, 3.8) is 0 Å². The topological polar surface area (TPSA) is 83.5 Å². The van der Waals surface area contributed by atoms with Gasteiger partial charge in [0.2, 0.25) is 0 Å². The van der Waals surface area contributed by atoms with Crippen LogP contribution in [0.2, 0.25) is 0 Å². The van der Waals surface area contributed by atoms with Gasteiger partial charge in [0.1, 0.15) is 0 Å². The van der Waals surface area contributed by atoms with Gasteiger partial charge < -0.3 is 10.4 Å². The van der Waals surface area contributed by atoms with Crippen molar-refractivity contribution in [3.8, 4) is 0 Å². The molecule has 0 rings (SSSR count). The first-order chi connectivity index (χ1) is 6.80. The number of carboxylic acid groups (broad SMARTS) is 1. The lowest BCUT2D eigenvalue weighted by atomic mass is 10.0. The molecular weight excluding hydrogens is 218 g/mol. The Hall–Kier alpha value is -0.620. The summed E-state index contributed by atoms with van der Waals surface area (Å²) in [4.78, 5) is 10.6. The van der Waals surface area contributed by atoms with Gasteiger partial charge in [-0.3, -0.25) is 4.79 Å². The van der Waals surface area contributed by atoms with E-state index in [1.807, 2.05) is 0 Å². The maximum absolute atomic E-state index is 11.1. The van der Waals surface area contributed by atoms with Gasteiger partial charge in [-0.15, -0.1) is 0 Å². The number of rotatable bonds is 7. The van der Waals surface area contributed by atoms with Gasteiger partial charge in [0.05, 0.1) is 11.7 Å². The van der Waals surface area contributed by atoms with Crippen molar-refractivity contribution in [2.24, 2.45) is 5.92 Å². The predicted octanol–water partition coefficient (Wildman–Crippen LogP) is 0.120. The molecule has 0 saturated heterocycles. The molecule has 0 spiro atoms. The summed E-state index contributed by atoms with van der Waals surface area (Å²) in [6.07, 6.45) is 0. The van der Waals surface area contributed by atoms with Crippen molar-refractivity contribution in [1.82, 2.24) is 5.32 Å². The van der Waals surface area contributed by atoms with Crippen molar-refractivity contribution in [3.05, 3.63) is 0 Å². The van der Waals surface area contributed by atoms with E-state index in [2.05, 4.69) is 5.32 Å². The molecule has 0 aromatic rings. The van der Waals surface area contributed by atoms with E-state index in [1.165, 1.54) is 0 Å². The van der Waals surface area contributed by atoms with Crippen LogP contribution in [0.25, 0.3) is 0 Å². The molecule has 5 nitrogen and oxygen atoms in total. The summed E-state index contributed by atoms with van der Waals surface area (Å²) in [7, 11) is -2.97. The molecule has 6 heteroatoms. The molecular formula is C9H19NO4S. The van der Waals surface area contributed by atoms with Gasteiger partial charge >= 0.3 is 5.97 Å². The Bertz CT molecular complexity index is 299. The Labute approximate surface area is 90.8 Å². The predicted molar refractivity (Wildman–Crippen MR) is 58.6 cm³/mol. The molecule has 0 saturated carbocycles. The second-order valence-corrected chi connectivity index (χ2v) is 6.08. The molecule has 90 valence electrons. The van der Waals surface area contributed by atoms with Gasteiger partial charge in [-0.2, -0.15) is 0 Å². The van der Waals surface area contributed by atoms with E-state index in [-0.39, 0.29) is 17.5 Å². The summed E-state index contributed by atoms with van der Waals surface area (Å²) in [6.45, 7) is 5.22. The fourth-order valence-corrected chi connectivity index (χ4v) is 1.69. The Kier molecular flexibility index (Phi) is 5.82. The van der Waals surface area contributed by atoms with Crippen LogP contribution in [0.1, 0.15) is 20.8 Å². The van der Waals surface area contributed by atoms with Crippen molar-refractivity contribution in [2.75, 3.05) is 18.1 Å². The maximum Gasteiger partial charge on any atom is 0.307 e. The summed E-state index contributed by atoms with van der Waals surface area (Å²) in [5, 5.41) is 11.6. The first-order valence-electron chi connectivity index (χ1n) is 4.96. The molecule has 0 fully saturated rings. The highest BCUT2D eigenvalue weighted by Crippen LogP contribution is 2.01. The number of nitrogens with one attached hydrogen (secondary N) is 1. The van der Waals surface area contributed by atoms with Crippen molar-refractivity contribution >= 4 is 15.8 Å². The van der Waals surface area contributed by atoms with Gasteiger partial charge in [0.25, 0.3) is 0 Å². The van der Waals surface area contributed by atoms with Crippen LogP contribution in [0.3, 0.4) is 0 Å². The van der Waals surface area contributed by atoms with Gasteiger partial charge in [-0.1, -0.05) is 13.8 Å². The Morgan fingerprint density at radius 3 is 2.33 bits per heavy atom. The molecule has 0 aromatic carbocycles. The minimum Gasteiger partial charge on any atom is -0.481 e. The van der Waals surface area contributed by atoms with Gasteiger partial charge in [0, 0.05) is 18.3 Å². The van der Waals surface area contributed by atoms with Crippen LogP contribution in [0.4, 0.5) is 0 Å². The first kappa shape index (κ1) is 14.4. The number of carboxylic acids is 1. The average molecular weight is 237 g/mol. The molecule has 0 aromatic heterocycles. The first-order valence-corrected chi connectivity index (χ1v) is 6.79. The highest BCUT2D eigenvalue weighted by molar-refractivity contribution is 7.91. The van der Waals surface area contributed by atoms with Crippen LogP contribution in [0, 0.1) is 5.92 Å². The van der Waals surface area contributed by atoms with E-state index in [4.69, 9.17) is 5.11 Å². The molecule has 2 unspecified atom stereocenters. The van der Waals surface area contributed by atoms with E-state index >= 15 is 0 Å². The van der Waals surface area contributed by atoms with E-state index in [1.54, 1.807) is 20.8 Å². The summed E-state index contributed by atoms with van der Waals surface area (Å²) >= 11 is 0. The third kappa shape index (κ3) is 5.74. The smallest absolute Gasteiger partial charge is 0.307 e. The number of aliphatic carboxylic acids is 1. The summed E-state index contributed by atoms with van der Waals surface area (Å²) in [5.74, 6) is -1.22. The molecule has 15 heavy (non-hydrogen) atoms. The van der Waals surface area contributed by atoms with Crippen molar-refractivity contribution in [1.29, 1.82) is 0 Å². The summed E-state index contributed by atoms with van der Waals surface area (Å²) in [6, 6.07) is -0.227. The lowest BCUT2D eigenvalue weighted by Gasteiger charge is -2.17. The minimum atomic E-state index is -2.97. The highest BCUT2D eigenvalue weighted by Gasteiger charge is 2.19. The molecule has 2 N–H and O–H groups in total. The molecule has 0 aliphatic carbocycles. The largest absolute Gasteiger partial charge is 0.481 e. The van der Waals surface area contributed by atoms with Crippen LogP contribution < -0.4 is 5.32 Å². The molecule has 2 atom stereocenters. The molecule has 0 aliphatic heterocycles. The van der Waals surface area contributed by atoms with Gasteiger partial charge in [-0.05, 0) is 6.92 Å². The highest BCUT2D eigenvalue weighted by atomic mass is 32.2. The van der Waals surface area contributed by atoms with E-state index in [0.29, 0.717) is 6.54 Å². The molecule has 0 aliphatic rings. The SMILES string of the molecule is CCS(=O)(=O)CCNC(C)C(C)C(=O)O. The molecule has 0 bridgehead atoms. The average Bonchev–Trinajstić information content (AvgIpc) is 2.16. The van der Waals surface area contributed by atoms with Crippen LogP contribution in [-0.2, 0) is 14.6 Å². The lowest BCUT2D eigenvalue weighted by Crippen LogP contribution is -2.38. The number of hydrogen-bond donors (Lipinski definition) is 2. The molecule has 0 heterocycles. The lowest BCUT2D eigenvalue weighted by molar-refractivity contribution is -0.141. The van der Waals surface area contributed by atoms with Crippen molar-refractivity contribution in [2.45, 2.75) is 26.8 Å². The fraction of sp³-hybridized carbons (Fsp3) is 0.889. The quantitative estimate of drug-likeness (QED) is 0.657. The number of hydrogen-bond acceptors (Lipinski definition) is 4. The molecule has 0 amide bonds. The number of carbonyl (C=O) groups is 1. The maximum atomic E-state index is 11.1. The zero-order chi connectivity index (χ0) is 12.1. The monoisotopic (exact) mass is 237 g/mol. The van der Waals surface area contributed by atoms with Crippen LogP contribution in [-0.4, -0.2) is 43.6 Å². The zero-order valence-electron chi connectivity index (χ0n) is 9.36.